The highest BCUT2D eigenvalue weighted by Crippen LogP contribution is 2.38. The van der Waals surface area contributed by atoms with E-state index in [0.29, 0.717) is 53.1 Å². The lowest BCUT2D eigenvalue weighted by Crippen LogP contribution is -2.40. The molecule has 4 rings (SSSR count). The molecule has 2 aromatic heterocycles. The van der Waals surface area contributed by atoms with E-state index in [0.717, 1.165) is 0 Å². The largest absolute Gasteiger partial charge is 0.465 e. The van der Waals surface area contributed by atoms with Gasteiger partial charge in [0.2, 0.25) is 5.95 Å². The van der Waals surface area contributed by atoms with E-state index in [1.54, 1.807) is 19.2 Å². The molecular weight excluding hydrogens is 472 g/mol. The summed E-state index contributed by atoms with van der Waals surface area (Å²) in [5.74, 6) is 0.657. The van der Waals surface area contributed by atoms with Crippen LogP contribution in [0.4, 0.5) is 27.9 Å². The number of hydrogen-bond donors (Lipinski definition) is 3. The van der Waals surface area contributed by atoms with E-state index in [1.165, 1.54) is 15.6 Å². The van der Waals surface area contributed by atoms with Gasteiger partial charge in [-0.2, -0.15) is 20.0 Å². The summed E-state index contributed by atoms with van der Waals surface area (Å²) in [6.45, 7) is 5.48. The van der Waals surface area contributed by atoms with Crippen LogP contribution in [0.2, 0.25) is 5.02 Å². The van der Waals surface area contributed by atoms with Gasteiger partial charge in [-0.05, 0) is 25.0 Å². The number of imidazole rings is 1. The van der Waals surface area contributed by atoms with Crippen LogP contribution in [0.25, 0.3) is 5.65 Å². The number of nitrogens with zero attached hydrogens (tertiary/aromatic N) is 8. The quantitative estimate of drug-likeness (QED) is 0.464. The molecule has 3 aromatic rings. The fraction of sp³-hybridized carbons (Fsp3) is 0.364. The predicted octanol–water partition coefficient (Wildman–Crippen LogP) is 3.13. The summed E-state index contributed by atoms with van der Waals surface area (Å²) in [5, 5.41) is 39.3. The smallest absolute Gasteiger partial charge is 0.407 e. The number of hydrogen-bond acceptors (Lipinski definition) is 9. The maximum atomic E-state index is 11.5. The molecule has 1 aliphatic heterocycles. The number of halogens is 1. The number of nitrogens with one attached hydrogen (secondary N) is 2. The Bertz CT molecular complexity index is 1380. The van der Waals surface area contributed by atoms with Crippen molar-refractivity contribution in [1.29, 1.82) is 10.5 Å². The van der Waals surface area contributed by atoms with Crippen LogP contribution >= 0.6 is 11.6 Å². The van der Waals surface area contributed by atoms with Gasteiger partial charge in [0, 0.05) is 26.7 Å². The molecule has 3 N–H and O–H groups in total. The normalized spacial score (nSPS) is 17.1. The molecule has 0 saturated carbocycles. The summed E-state index contributed by atoms with van der Waals surface area (Å²) in [6.07, 6.45) is 0.415. The minimum absolute atomic E-state index is 0.0633. The Balaban J connectivity index is 1.73. The second-order valence-corrected chi connectivity index (χ2v) is 8.62. The molecule has 1 amide bonds. The van der Waals surface area contributed by atoms with Crippen molar-refractivity contribution in [1.82, 2.24) is 24.5 Å². The first kappa shape index (κ1) is 23.9. The van der Waals surface area contributed by atoms with Gasteiger partial charge in [0.1, 0.15) is 6.07 Å². The number of carbonyl (C=O) groups is 1. The summed E-state index contributed by atoms with van der Waals surface area (Å²) < 4.78 is 1.38. The molecule has 0 spiro atoms. The lowest BCUT2D eigenvalue weighted by Gasteiger charge is -2.25. The maximum absolute atomic E-state index is 11.5. The Kier molecular flexibility index (Phi) is 6.49. The minimum atomic E-state index is -0.997. The third-order valence-electron chi connectivity index (χ3n) is 5.96. The van der Waals surface area contributed by atoms with Gasteiger partial charge in [0.05, 0.1) is 40.3 Å². The molecule has 0 unspecified atom stereocenters. The van der Waals surface area contributed by atoms with Gasteiger partial charge in [-0.25, -0.2) is 9.78 Å². The molecule has 0 bridgehead atoms. The number of nitriles is 2. The van der Waals surface area contributed by atoms with E-state index >= 15 is 0 Å². The molecule has 1 saturated heterocycles. The lowest BCUT2D eigenvalue weighted by molar-refractivity contribution is 0.133. The number of likely N-dealkylation sites (N-methyl/N-ethyl adjacent to an activating group) is 1. The molecule has 3 heterocycles. The number of fused-ring (bicyclic) bond motifs is 1. The molecule has 1 fully saturated rings. The molecule has 12 nitrogen and oxygen atoms in total. The van der Waals surface area contributed by atoms with Crippen LogP contribution in [-0.4, -0.2) is 68.4 Å². The third-order valence-corrected chi connectivity index (χ3v) is 6.36. The molecule has 35 heavy (non-hydrogen) atoms. The van der Waals surface area contributed by atoms with E-state index < -0.39 is 6.09 Å². The Morgan fingerprint density at radius 2 is 2.11 bits per heavy atom. The van der Waals surface area contributed by atoms with Crippen molar-refractivity contribution in [2.24, 2.45) is 5.92 Å². The number of amides is 1. The maximum Gasteiger partial charge on any atom is 0.407 e. The number of aromatic nitrogens is 4. The third kappa shape index (κ3) is 4.44. The number of benzene rings is 1. The van der Waals surface area contributed by atoms with Gasteiger partial charge in [-0.15, -0.1) is 5.10 Å². The fourth-order valence-corrected chi connectivity index (χ4v) is 4.48. The van der Waals surface area contributed by atoms with E-state index in [9.17, 15) is 20.4 Å². The second kappa shape index (κ2) is 9.52. The van der Waals surface area contributed by atoms with Gasteiger partial charge in [0.25, 0.3) is 0 Å². The Morgan fingerprint density at radius 3 is 2.77 bits per heavy atom. The molecule has 1 aliphatic rings. The lowest BCUT2D eigenvalue weighted by atomic mass is 10.1. The van der Waals surface area contributed by atoms with Crippen molar-refractivity contribution >= 4 is 46.5 Å². The SMILES string of the molecule is CCNc1nc(Nc2cc(C#N)cc(N3C[C@@H](C)[C@@H](N(C)C(=O)O)C3)c2Cl)nn2c(C#N)cnc12. The molecule has 1 aromatic carbocycles. The monoisotopic (exact) mass is 494 g/mol. The number of anilines is 4. The zero-order valence-electron chi connectivity index (χ0n) is 19.3. The van der Waals surface area contributed by atoms with Gasteiger partial charge in [0.15, 0.2) is 17.2 Å². The minimum Gasteiger partial charge on any atom is -0.465 e. The summed E-state index contributed by atoms with van der Waals surface area (Å²) in [7, 11) is 1.55. The van der Waals surface area contributed by atoms with Crippen molar-refractivity contribution in [2.45, 2.75) is 19.9 Å². The van der Waals surface area contributed by atoms with E-state index in [-0.39, 0.29) is 23.6 Å². The van der Waals surface area contributed by atoms with Crippen LogP contribution in [0.1, 0.15) is 25.1 Å². The van der Waals surface area contributed by atoms with Gasteiger partial charge < -0.3 is 25.5 Å². The second-order valence-electron chi connectivity index (χ2n) is 8.24. The highest BCUT2D eigenvalue weighted by molar-refractivity contribution is 6.36. The molecule has 0 radical (unpaired) electrons. The fourth-order valence-electron chi connectivity index (χ4n) is 4.20. The molecule has 13 heteroatoms. The summed E-state index contributed by atoms with van der Waals surface area (Å²) in [6, 6.07) is 7.24. The summed E-state index contributed by atoms with van der Waals surface area (Å²) in [5.41, 5.74) is 2.02. The molecule has 180 valence electrons. The first-order chi connectivity index (χ1) is 16.8. The average Bonchev–Trinajstić information content (AvgIpc) is 3.43. The molecule has 0 aliphatic carbocycles. The van der Waals surface area contributed by atoms with Crippen LogP contribution in [0.3, 0.4) is 0 Å². The summed E-state index contributed by atoms with van der Waals surface area (Å²) in [4.78, 5) is 23.4. The predicted molar refractivity (Wildman–Crippen MR) is 130 cm³/mol. The van der Waals surface area contributed by atoms with E-state index in [2.05, 4.69) is 31.8 Å². The van der Waals surface area contributed by atoms with E-state index in [4.69, 9.17) is 11.6 Å². The van der Waals surface area contributed by atoms with Crippen LogP contribution in [0.5, 0.6) is 0 Å². The topological polar surface area (TPSA) is 158 Å². The van der Waals surface area contributed by atoms with Crippen LogP contribution in [0, 0.1) is 28.6 Å². The molecular formula is C22H23ClN10O2. The highest BCUT2D eigenvalue weighted by Gasteiger charge is 2.35. The first-order valence-electron chi connectivity index (χ1n) is 10.9. The van der Waals surface area contributed by atoms with Crippen molar-refractivity contribution in [3.63, 3.8) is 0 Å². The zero-order chi connectivity index (χ0) is 25.3. The Hall–Kier alpha value is -4.29. The first-order valence-corrected chi connectivity index (χ1v) is 11.3. The Labute approximate surface area is 206 Å². The van der Waals surface area contributed by atoms with Gasteiger partial charge in [-0.3, -0.25) is 0 Å². The molecule has 2 atom stereocenters. The highest BCUT2D eigenvalue weighted by atomic mass is 35.5. The summed E-state index contributed by atoms with van der Waals surface area (Å²) >= 11 is 6.78. The van der Waals surface area contributed by atoms with Crippen molar-refractivity contribution in [3.05, 3.63) is 34.6 Å². The van der Waals surface area contributed by atoms with Gasteiger partial charge in [-0.1, -0.05) is 18.5 Å². The number of carboxylic acid groups (broad SMARTS) is 1. The van der Waals surface area contributed by atoms with Crippen molar-refractivity contribution < 1.29 is 9.90 Å². The van der Waals surface area contributed by atoms with Crippen molar-refractivity contribution in [2.75, 3.05) is 42.2 Å². The van der Waals surface area contributed by atoms with Crippen LogP contribution < -0.4 is 15.5 Å². The average molecular weight is 495 g/mol. The van der Waals surface area contributed by atoms with E-state index in [1.807, 2.05) is 24.8 Å². The van der Waals surface area contributed by atoms with Crippen molar-refractivity contribution in [3.8, 4) is 12.1 Å². The van der Waals surface area contributed by atoms with Crippen LogP contribution in [-0.2, 0) is 0 Å². The van der Waals surface area contributed by atoms with Crippen LogP contribution in [0.15, 0.2) is 18.3 Å². The zero-order valence-corrected chi connectivity index (χ0v) is 20.1. The Morgan fingerprint density at radius 1 is 1.34 bits per heavy atom. The van der Waals surface area contributed by atoms with Gasteiger partial charge >= 0.3 is 6.09 Å². The standard InChI is InChI=1S/C22H23ClN10O2/c1-4-26-19-20-27-9-14(8-25)33(20)30-21(29-19)28-15-5-13(7-24)6-16(18(15)23)32-10-12(2)17(11-32)31(3)22(34)35/h5-6,9,12,17H,4,10-11H2,1-3H3,(H,34,35)(H2,26,28,29,30)/t12-,17+/m1/s1. The number of rotatable bonds is 6.